The minimum absolute atomic E-state index is 0.223. The first-order valence-electron chi connectivity index (χ1n) is 10.6. The van der Waals surface area contributed by atoms with Crippen molar-refractivity contribution in [2.45, 2.75) is 38.0 Å². The Hall–Kier alpha value is -3.19. The summed E-state index contributed by atoms with van der Waals surface area (Å²) in [5.41, 5.74) is 2.09. The topological polar surface area (TPSA) is 41.1 Å². The number of benzene rings is 3. The summed E-state index contributed by atoms with van der Waals surface area (Å²) < 4.78 is 52.5. The van der Waals surface area contributed by atoms with E-state index in [-0.39, 0.29) is 17.8 Å². The van der Waals surface area contributed by atoms with E-state index in [4.69, 9.17) is 0 Å². The van der Waals surface area contributed by atoms with Gasteiger partial charge in [0.2, 0.25) is 5.91 Å². The highest BCUT2D eigenvalue weighted by Crippen LogP contribution is 2.30. The SMILES string of the molecule is CNC(=O)C(N[C@H](CCc1ccc(C(F)(F)F)cc1)c1ccc(F)c(C)c1)c1ccccc1. The Kier molecular flexibility index (Phi) is 7.87. The van der Waals surface area contributed by atoms with Crippen LogP contribution >= 0.6 is 0 Å². The van der Waals surface area contributed by atoms with Crippen molar-refractivity contribution >= 4 is 5.91 Å². The highest BCUT2D eigenvalue weighted by atomic mass is 19.4. The molecule has 0 aliphatic heterocycles. The second-order valence-corrected chi connectivity index (χ2v) is 7.92. The predicted molar refractivity (Wildman–Crippen MR) is 120 cm³/mol. The Labute approximate surface area is 190 Å². The number of alkyl halides is 3. The van der Waals surface area contributed by atoms with Crippen LogP contribution in [0.15, 0.2) is 72.8 Å². The molecule has 0 aliphatic carbocycles. The van der Waals surface area contributed by atoms with Gasteiger partial charge >= 0.3 is 6.18 Å². The van der Waals surface area contributed by atoms with Gasteiger partial charge in [0, 0.05) is 13.1 Å². The molecule has 174 valence electrons. The number of rotatable bonds is 8. The van der Waals surface area contributed by atoms with Gasteiger partial charge in [-0.1, -0.05) is 54.6 Å². The molecule has 0 aromatic heterocycles. The zero-order valence-corrected chi connectivity index (χ0v) is 18.4. The van der Waals surface area contributed by atoms with Crippen molar-refractivity contribution in [1.29, 1.82) is 0 Å². The lowest BCUT2D eigenvalue weighted by Crippen LogP contribution is -2.38. The van der Waals surface area contributed by atoms with Crippen molar-refractivity contribution < 1.29 is 22.4 Å². The van der Waals surface area contributed by atoms with Crippen LogP contribution in [0.5, 0.6) is 0 Å². The Morgan fingerprint density at radius 3 is 2.18 bits per heavy atom. The lowest BCUT2D eigenvalue weighted by atomic mass is 9.95. The van der Waals surface area contributed by atoms with Crippen LogP contribution in [0, 0.1) is 12.7 Å². The lowest BCUT2D eigenvalue weighted by Gasteiger charge is -2.26. The number of halogens is 4. The number of carbonyl (C=O) groups is 1. The van der Waals surface area contributed by atoms with Crippen molar-refractivity contribution in [1.82, 2.24) is 10.6 Å². The molecule has 0 spiro atoms. The van der Waals surface area contributed by atoms with Crippen molar-refractivity contribution in [3.63, 3.8) is 0 Å². The molecule has 0 bridgehead atoms. The molecule has 2 N–H and O–H groups in total. The molecule has 7 heteroatoms. The van der Waals surface area contributed by atoms with Gasteiger partial charge in [-0.2, -0.15) is 13.2 Å². The first-order valence-corrected chi connectivity index (χ1v) is 10.6. The van der Waals surface area contributed by atoms with Gasteiger partial charge in [0.25, 0.3) is 0 Å². The van der Waals surface area contributed by atoms with E-state index in [1.54, 1.807) is 26.1 Å². The minimum Gasteiger partial charge on any atom is -0.358 e. The first kappa shape index (κ1) is 24.5. The van der Waals surface area contributed by atoms with Crippen LogP contribution in [0.3, 0.4) is 0 Å². The summed E-state index contributed by atoms with van der Waals surface area (Å²) in [7, 11) is 1.55. The number of hydrogen-bond donors (Lipinski definition) is 2. The molecule has 3 aromatic carbocycles. The number of carbonyl (C=O) groups excluding carboxylic acids is 1. The fraction of sp³-hybridized carbons (Fsp3) is 0.269. The predicted octanol–water partition coefficient (Wildman–Crippen LogP) is 5.90. The molecule has 1 amide bonds. The van der Waals surface area contributed by atoms with Crippen molar-refractivity contribution in [3.05, 3.63) is 106 Å². The van der Waals surface area contributed by atoms with Crippen LogP contribution in [-0.2, 0) is 17.4 Å². The Balaban J connectivity index is 1.87. The quantitative estimate of drug-likeness (QED) is 0.413. The van der Waals surface area contributed by atoms with Gasteiger partial charge in [-0.05, 0) is 60.2 Å². The van der Waals surface area contributed by atoms with Gasteiger partial charge < -0.3 is 5.32 Å². The molecule has 0 fully saturated rings. The molecule has 0 aliphatic rings. The fourth-order valence-corrected chi connectivity index (χ4v) is 3.72. The maximum absolute atomic E-state index is 13.9. The molecule has 2 atom stereocenters. The highest BCUT2D eigenvalue weighted by molar-refractivity contribution is 5.83. The molecule has 33 heavy (non-hydrogen) atoms. The third-order valence-electron chi connectivity index (χ3n) is 5.60. The van der Waals surface area contributed by atoms with E-state index >= 15 is 0 Å². The van der Waals surface area contributed by atoms with Crippen LogP contribution in [0.4, 0.5) is 17.6 Å². The van der Waals surface area contributed by atoms with Crippen LogP contribution in [0.2, 0.25) is 0 Å². The Morgan fingerprint density at radius 1 is 0.939 bits per heavy atom. The summed E-state index contributed by atoms with van der Waals surface area (Å²) in [6, 6.07) is 18.1. The smallest absolute Gasteiger partial charge is 0.358 e. The van der Waals surface area contributed by atoms with Gasteiger partial charge in [0.15, 0.2) is 0 Å². The molecule has 0 radical (unpaired) electrons. The maximum atomic E-state index is 13.9. The molecule has 0 heterocycles. The number of likely N-dealkylation sites (N-methyl/N-ethyl adjacent to an activating group) is 1. The highest BCUT2D eigenvalue weighted by Gasteiger charge is 2.30. The monoisotopic (exact) mass is 458 g/mol. The number of aryl methyl sites for hydroxylation is 2. The minimum atomic E-state index is -4.38. The molecule has 1 unspecified atom stereocenters. The van der Waals surface area contributed by atoms with E-state index < -0.39 is 17.8 Å². The van der Waals surface area contributed by atoms with E-state index in [2.05, 4.69) is 10.6 Å². The summed E-state index contributed by atoms with van der Waals surface area (Å²) in [5, 5.41) is 6.04. The normalized spacial score (nSPS) is 13.4. The Bertz CT molecular complexity index is 1070. The van der Waals surface area contributed by atoms with Gasteiger partial charge in [0.05, 0.1) is 5.56 Å². The van der Waals surface area contributed by atoms with Crippen LogP contribution in [0.25, 0.3) is 0 Å². The summed E-state index contributed by atoms with van der Waals surface area (Å²) >= 11 is 0. The number of nitrogens with one attached hydrogen (secondary N) is 2. The van der Waals surface area contributed by atoms with E-state index in [0.29, 0.717) is 18.4 Å². The van der Waals surface area contributed by atoms with Crippen LogP contribution in [-0.4, -0.2) is 13.0 Å². The van der Waals surface area contributed by atoms with Crippen molar-refractivity contribution in [3.8, 4) is 0 Å². The summed E-state index contributed by atoms with van der Waals surface area (Å²) in [5.74, 6) is -0.550. The van der Waals surface area contributed by atoms with E-state index in [0.717, 1.165) is 28.8 Å². The molecule has 0 saturated carbocycles. The first-order chi connectivity index (χ1) is 15.7. The summed E-state index contributed by atoms with van der Waals surface area (Å²) in [4.78, 5) is 12.7. The molecule has 3 rings (SSSR count). The van der Waals surface area contributed by atoms with Gasteiger partial charge in [-0.15, -0.1) is 0 Å². The molecule has 0 saturated heterocycles. The molecule has 3 nitrogen and oxygen atoms in total. The second-order valence-electron chi connectivity index (χ2n) is 7.92. The maximum Gasteiger partial charge on any atom is 0.416 e. The fourth-order valence-electron chi connectivity index (χ4n) is 3.72. The number of hydrogen-bond acceptors (Lipinski definition) is 2. The molecular formula is C26H26F4N2O. The zero-order chi connectivity index (χ0) is 24.0. The average molecular weight is 458 g/mol. The summed E-state index contributed by atoms with van der Waals surface area (Å²) in [6.07, 6.45) is -3.41. The number of amides is 1. The van der Waals surface area contributed by atoms with E-state index in [9.17, 15) is 22.4 Å². The van der Waals surface area contributed by atoms with Gasteiger partial charge in [-0.25, -0.2) is 4.39 Å². The van der Waals surface area contributed by atoms with E-state index in [1.165, 1.54) is 18.2 Å². The van der Waals surface area contributed by atoms with E-state index in [1.807, 2.05) is 30.3 Å². The van der Waals surface area contributed by atoms with Crippen molar-refractivity contribution in [2.24, 2.45) is 0 Å². The summed E-state index contributed by atoms with van der Waals surface area (Å²) in [6.45, 7) is 1.67. The largest absolute Gasteiger partial charge is 0.416 e. The molecular weight excluding hydrogens is 432 g/mol. The van der Waals surface area contributed by atoms with Crippen molar-refractivity contribution in [2.75, 3.05) is 7.05 Å². The Morgan fingerprint density at radius 2 is 1.61 bits per heavy atom. The van der Waals surface area contributed by atoms with Gasteiger partial charge in [-0.3, -0.25) is 10.1 Å². The standard InChI is InChI=1S/C26H26F4N2O/c1-17-16-20(11-14-22(17)27)23(15-10-18-8-12-21(13-9-18)26(28,29)30)32-24(25(33)31-2)19-6-4-3-5-7-19/h3-9,11-14,16,23-24,32H,10,15H2,1-2H3,(H,31,33)/t23-,24?/m1/s1. The zero-order valence-electron chi connectivity index (χ0n) is 18.4. The average Bonchev–Trinajstić information content (AvgIpc) is 2.81. The lowest BCUT2D eigenvalue weighted by molar-refractivity contribution is -0.137. The third-order valence-corrected chi connectivity index (χ3v) is 5.60. The van der Waals surface area contributed by atoms with Crippen LogP contribution in [0.1, 0.15) is 46.3 Å². The third kappa shape index (κ3) is 6.42. The van der Waals surface area contributed by atoms with Gasteiger partial charge in [0.1, 0.15) is 11.9 Å². The molecule has 3 aromatic rings. The van der Waals surface area contributed by atoms with Crippen LogP contribution < -0.4 is 10.6 Å². The second kappa shape index (κ2) is 10.6.